The molecule has 5 heteroatoms. The highest BCUT2D eigenvalue weighted by molar-refractivity contribution is 5.57. The van der Waals surface area contributed by atoms with Crippen molar-refractivity contribution in [1.29, 1.82) is 0 Å². The molecule has 1 amide bonds. The molecule has 0 spiro atoms. The van der Waals surface area contributed by atoms with Crippen LogP contribution in [0.4, 0.5) is 10.5 Å². The Hall–Kier alpha value is -1.62. The highest BCUT2D eigenvalue weighted by atomic mass is 16.4. The lowest BCUT2D eigenvalue weighted by Gasteiger charge is -2.40. The normalized spacial score (nSPS) is 26.4. The minimum atomic E-state index is -0.707. The van der Waals surface area contributed by atoms with Crippen molar-refractivity contribution in [3.8, 4) is 0 Å². The van der Waals surface area contributed by atoms with Crippen LogP contribution in [0.25, 0.3) is 0 Å². The Balaban J connectivity index is 1.99. The van der Waals surface area contributed by atoms with Crippen LogP contribution in [-0.2, 0) is 0 Å². The van der Waals surface area contributed by atoms with Crippen LogP contribution in [0.5, 0.6) is 0 Å². The third-order valence-corrected chi connectivity index (χ3v) is 4.40. The van der Waals surface area contributed by atoms with E-state index in [4.69, 9.17) is 0 Å². The van der Waals surface area contributed by atoms with Crippen molar-refractivity contribution in [3.63, 3.8) is 0 Å². The molecule has 2 heterocycles. The monoisotopic (exact) mass is 278 g/mol. The number of hydrogen-bond donors (Lipinski definition) is 2. The molecule has 0 bridgehead atoms. The van der Waals surface area contributed by atoms with Crippen LogP contribution in [-0.4, -0.2) is 45.8 Å². The molecule has 1 aliphatic heterocycles. The molecule has 0 radical (unpaired) electrons. The standard InChI is InChI=1S/C15H23N3O2/c1-15(2,3)18(14(19)20)8-6-12(11-18)9-17-13-5-4-7-16-10-13/h4-5,7,10,12,17H,6,8-9,11H2,1-3H3/p+1/t12-,18?/m0/s1. The Labute approximate surface area is 120 Å². The Morgan fingerprint density at radius 2 is 2.30 bits per heavy atom. The third-order valence-electron chi connectivity index (χ3n) is 4.40. The summed E-state index contributed by atoms with van der Waals surface area (Å²) in [6.45, 7) is 8.23. The number of carbonyl (C=O) groups is 1. The molecule has 1 unspecified atom stereocenters. The maximum atomic E-state index is 11.7. The first kappa shape index (κ1) is 14.8. The van der Waals surface area contributed by atoms with Crippen molar-refractivity contribution >= 4 is 11.8 Å². The zero-order valence-corrected chi connectivity index (χ0v) is 12.5. The molecule has 0 saturated carbocycles. The summed E-state index contributed by atoms with van der Waals surface area (Å²) in [7, 11) is 0. The quantitative estimate of drug-likeness (QED) is 0.835. The Bertz CT molecular complexity index is 470. The number of likely N-dealkylation sites (tertiary alicyclic amines) is 1. The van der Waals surface area contributed by atoms with Gasteiger partial charge in [-0.3, -0.25) is 4.98 Å². The van der Waals surface area contributed by atoms with E-state index >= 15 is 0 Å². The molecule has 0 aromatic carbocycles. The SMILES string of the molecule is CC(C)(C)[N+]1(C(=O)O)CC[C@@H](CNc2cccnc2)C1. The highest BCUT2D eigenvalue weighted by Crippen LogP contribution is 2.34. The molecule has 2 atom stereocenters. The molecule has 2 rings (SSSR count). The maximum absolute atomic E-state index is 11.7. The molecule has 1 saturated heterocycles. The molecule has 2 N–H and O–H groups in total. The van der Waals surface area contributed by atoms with E-state index in [2.05, 4.69) is 10.3 Å². The molecule has 1 aromatic heterocycles. The summed E-state index contributed by atoms with van der Waals surface area (Å²) in [5, 5.41) is 13.0. The number of anilines is 1. The predicted octanol–water partition coefficient (Wildman–Crippen LogP) is 2.81. The number of carboxylic acid groups (broad SMARTS) is 1. The van der Waals surface area contributed by atoms with E-state index in [-0.39, 0.29) is 10.0 Å². The number of quaternary nitrogens is 1. The molecule has 5 nitrogen and oxygen atoms in total. The second-order valence-corrected chi connectivity index (χ2v) is 6.60. The van der Waals surface area contributed by atoms with E-state index in [9.17, 15) is 9.90 Å². The summed E-state index contributed by atoms with van der Waals surface area (Å²) in [6.07, 6.45) is 3.77. The van der Waals surface area contributed by atoms with Crippen LogP contribution in [0.3, 0.4) is 0 Å². The molecule has 20 heavy (non-hydrogen) atoms. The van der Waals surface area contributed by atoms with Crippen LogP contribution in [0.1, 0.15) is 27.2 Å². The van der Waals surface area contributed by atoms with Crippen molar-refractivity contribution in [2.45, 2.75) is 32.7 Å². The van der Waals surface area contributed by atoms with Gasteiger partial charge in [0.05, 0.1) is 18.8 Å². The first-order chi connectivity index (χ1) is 9.35. The summed E-state index contributed by atoms with van der Waals surface area (Å²) in [5.74, 6) is 0.380. The van der Waals surface area contributed by atoms with E-state index in [1.165, 1.54) is 0 Å². The maximum Gasteiger partial charge on any atom is 0.513 e. The van der Waals surface area contributed by atoms with Gasteiger partial charge in [0.25, 0.3) is 0 Å². The van der Waals surface area contributed by atoms with E-state index in [0.29, 0.717) is 19.0 Å². The molecular weight excluding hydrogens is 254 g/mol. The van der Waals surface area contributed by atoms with Crippen molar-refractivity contribution < 1.29 is 14.4 Å². The first-order valence-corrected chi connectivity index (χ1v) is 7.10. The average Bonchev–Trinajstić information content (AvgIpc) is 2.83. The lowest BCUT2D eigenvalue weighted by Crippen LogP contribution is -2.61. The van der Waals surface area contributed by atoms with Gasteiger partial charge in [0, 0.05) is 31.3 Å². The first-order valence-electron chi connectivity index (χ1n) is 7.10. The minimum absolute atomic E-state index is 0.159. The van der Waals surface area contributed by atoms with Gasteiger partial charge in [-0.15, -0.1) is 0 Å². The Kier molecular flexibility index (Phi) is 3.99. The molecule has 1 fully saturated rings. The number of hydrogen-bond acceptors (Lipinski definition) is 3. The topological polar surface area (TPSA) is 62.2 Å². The van der Waals surface area contributed by atoms with Gasteiger partial charge >= 0.3 is 6.09 Å². The lowest BCUT2D eigenvalue weighted by atomic mass is 10.0. The minimum Gasteiger partial charge on any atom is -0.435 e. The van der Waals surface area contributed by atoms with Gasteiger partial charge < -0.3 is 10.4 Å². The summed E-state index contributed by atoms with van der Waals surface area (Å²) in [4.78, 5) is 15.8. The molecule has 1 aliphatic rings. The number of aromatic nitrogens is 1. The van der Waals surface area contributed by atoms with Gasteiger partial charge in [0.15, 0.2) is 0 Å². The second-order valence-electron chi connectivity index (χ2n) is 6.60. The smallest absolute Gasteiger partial charge is 0.435 e. The fourth-order valence-corrected chi connectivity index (χ4v) is 2.99. The molecular formula is C15H24N3O2+. The largest absolute Gasteiger partial charge is 0.513 e. The lowest BCUT2D eigenvalue weighted by molar-refractivity contribution is -0.893. The summed E-state index contributed by atoms with van der Waals surface area (Å²) < 4.78 is 0.159. The molecule has 110 valence electrons. The fraction of sp³-hybridized carbons (Fsp3) is 0.600. The second kappa shape index (κ2) is 5.40. The number of nitrogens with zero attached hydrogens (tertiary/aromatic N) is 2. The van der Waals surface area contributed by atoms with Crippen molar-refractivity contribution in [2.75, 3.05) is 25.0 Å². The van der Waals surface area contributed by atoms with Gasteiger partial charge in [-0.25, -0.2) is 4.48 Å². The zero-order valence-electron chi connectivity index (χ0n) is 12.5. The van der Waals surface area contributed by atoms with E-state index in [1.807, 2.05) is 32.9 Å². The van der Waals surface area contributed by atoms with Gasteiger partial charge in [-0.05, 0) is 32.9 Å². The van der Waals surface area contributed by atoms with Crippen LogP contribution in [0.2, 0.25) is 0 Å². The van der Waals surface area contributed by atoms with Crippen LogP contribution < -0.4 is 5.32 Å². The zero-order chi connectivity index (χ0) is 14.8. The number of pyridine rings is 1. The van der Waals surface area contributed by atoms with E-state index < -0.39 is 6.09 Å². The van der Waals surface area contributed by atoms with Gasteiger partial charge in [0.2, 0.25) is 0 Å². The van der Waals surface area contributed by atoms with Gasteiger partial charge in [-0.1, -0.05) is 0 Å². The highest BCUT2D eigenvalue weighted by Gasteiger charge is 2.52. The third kappa shape index (κ3) is 2.77. The van der Waals surface area contributed by atoms with Crippen LogP contribution in [0, 0.1) is 5.92 Å². The molecule has 0 aliphatic carbocycles. The van der Waals surface area contributed by atoms with Crippen LogP contribution in [0.15, 0.2) is 24.5 Å². The fourth-order valence-electron chi connectivity index (χ4n) is 2.99. The number of amides is 1. The van der Waals surface area contributed by atoms with Crippen molar-refractivity contribution in [2.24, 2.45) is 5.92 Å². The van der Waals surface area contributed by atoms with Crippen molar-refractivity contribution in [3.05, 3.63) is 24.5 Å². The average molecular weight is 278 g/mol. The Morgan fingerprint density at radius 1 is 1.55 bits per heavy atom. The predicted molar refractivity (Wildman–Crippen MR) is 78.6 cm³/mol. The van der Waals surface area contributed by atoms with Gasteiger partial charge in [0.1, 0.15) is 5.54 Å². The van der Waals surface area contributed by atoms with Gasteiger partial charge in [-0.2, -0.15) is 4.79 Å². The van der Waals surface area contributed by atoms with Crippen LogP contribution >= 0.6 is 0 Å². The molecule has 1 aromatic rings. The summed E-state index contributed by atoms with van der Waals surface area (Å²) in [6, 6.07) is 3.87. The number of rotatable bonds is 3. The summed E-state index contributed by atoms with van der Waals surface area (Å²) in [5.41, 5.74) is 0.720. The Morgan fingerprint density at radius 3 is 2.80 bits per heavy atom. The van der Waals surface area contributed by atoms with E-state index in [0.717, 1.165) is 18.7 Å². The summed E-state index contributed by atoms with van der Waals surface area (Å²) >= 11 is 0. The number of nitrogens with one attached hydrogen (secondary N) is 1. The van der Waals surface area contributed by atoms with Crippen molar-refractivity contribution in [1.82, 2.24) is 4.98 Å². The van der Waals surface area contributed by atoms with E-state index in [1.54, 1.807) is 12.4 Å².